The van der Waals surface area contributed by atoms with Gasteiger partial charge >= 0.3 is 0 Å². The van der Waals surface area contributed by atoms with Crippen LogP contribution in [0, 0.1) is 0 Å². The molecule has 0 aliphatic carbocycles. The summed E-state index contributed by atoms with van der Waals surface area (Å²) in [5.41, 5.74) is 6.26. The first-order valence-corrected chi connectivity index (χ1v) is 3.76. The maximum Gasteiger partial charge on any atom is 0.161 e. The van der Waals surface area contributed by atoms with E-state index in [1.807, 2.05) is 0 Å². The number of carbonyl (C=O) groups excluding carboxylic acids is 1. The van der Waals surface area contributed by atoms with Crippen LogP contribution < -0.4 is 5.73 Å². The maximum atomic E-state index is 11.0. The van der Waals surface area contributed by atoms with E-state index in [4.69, 9.17) is 17.3 Å². The molecule has 0 fully saturated rings. The summed E-state index contributed by atoms with van der Waals surface area (Å²) in [4.78, 5) is 11.0. The number of rotatable bonds is 2. The van der Waals surface area contributed by atoms with E-state index in [0.717, 1.165) is 0 Å². The third kappa shape index (κ3) is 1.78. The van der Waals surface area contributed by atoms with Crippen LogP contribution in [0.3, 0.4) is 0 Å². The molecule has 2 N–H and O–H groups in total. The minimum Gasteiger partial charge on any atom is -0.325 e. The molecule has 1 rings (SSSR count). The summed E-state index contributed by atoms with van der Waals surface area (Å²) in [5.74, 6) is -0.104. The Hall–Kier alpha value is -1.00. The van der Waals surface area contributed by atoms with Crippen LogP contribution in [0.25, 0.3) is 0 Å². The van der Waals surface area contributed by atoms with Crippen molar-refractivity contribution >= 4 is 17.4 Å². The number of nitrogens with two attached hydrogens (primary N) is 1. The maximum absolute atomic E-state index is 11.0. The number of nitrogens with zero attached hydrogens (tertiary/aromatic N) is 2. The van der Waals surface area contributed by atoms with Gasteiger partial charge in [-0.2, -0.15) is 5.10 Å². The molecular formula is C7H8ClN3O. The van der Waals surface area contributed by atoms with E-state index in [1.165, 1.54) is 13.0 Å². The van der Waals surface area contributed by atoms with Crippen molar-refractivity contribution in [3.8, 4) is 0 Å². The highest BCUT2D eigenvalue weighted by molar-refractivity contribution is 6.29. The van der Waals surface area contributed by atoms with Gasteiger partial charge < -0.3 is 5.73 Å². The molecule has 0 unspecified atom stereocenters. The van der Waals surface area contributed by atoms with Gasteiger partial charge in [-0.3, -0.25) is 4.79 Å². The van der Waals surface area contributed by atoms with Crippen molar-refractivity contribution in [3.63, 3.8) is 0 Å². The minimum absolute atomic E-state index is 0.104. The topological polar surface area (TPSA) is 68.9 Å². The number of hydrogen-bond donors (Lipinski definition) is 1. The second-order valence-electron chi connectivity index (χ2n) is 2.29. The zero-order valence-electron chi connectivity index (χ0n) is 6.54. The van der Waals surface area contributed by atoms with Gasteiger partial charge in [-0.1, -0.05) is 11.6 Å². The van der Waals surface area contributed by atoms with Crippen LogP contribution >= 0.6 is 11.6 Å². The number of aromatic nitrogens is 2. The molecule has 1 aromatic rings. The number of ketones is 1. The Kier molecular flexibility index (Phi) is 2.73. The van der Waals surface area contributed by atoms with Gasteiger partial charge in [-0.25, -0.2) is 0 Å². The third-order valence-corrected chi connectivity index (χ3v) is 1.60. The SMILES string of the molecule is CC(=O)c1cc(Cl)nnc1CN. The third-order valence-electron chi connectivity index (χ3n) is 1.41. The molecule has 0 aromatic carbocycles. The Bertz CT molecular complexity index is 314. The Morgan fingerprint density at radius 3 is 2.83 bits per heavy atom. The summed E-state index contributed by atoms with van der Waals surface area (Å²) < 4.78 is 0. The summed E-state index contributed by atoms with van der Waals surface area (Å²) in [5, 5.41) is 7.47. The molecule has 0 aliphatic rings. The van der Waals surface area contributed by atoms with E-state index < -0.39 is 0 Å². The molecule has 1 heterocycles. The van der Waals surface area contributed by atoms with E-state index in [9.17, 15) is 4.79 Å². The van der Waals surface area contributed by atoms with E-state index in [1.54, 1.807) is 0 Å². The van der Waals surface area contributed by atoms with Gasteiger partial charge in [0, 0.05) is 12.1 Å². The second-order valence-corrected chi connectivity index (χ2v) is 2.67. The van der Waals surface area contributed by atoms with Crippen LogP contribution in [0.15, 0.2) is 6.07 Å². The lowest BCUT2D eigenvalue weighted by molar-refractivity contribution is 0.101. The smallest absolute Gasteiger partial charge is 0.161 e. The molecule has 0 amide bonds. The first-order chi connectivity index (χ1) is 5.65. The molecule has 1 aromatic heterocycles. The lowest BCUT2D eigenvalue weighted by atomic mass is 10.1. The molecule has 64 valence electrons. The van der Waals surface area contributed by atoms with Crippen molar-refractivity contribution < 1.29 is 4.79 Å². The zero-order valence-corrected chi connectivity index (χ0v) is 7.30. The van der Waals surface area contributed by atoms with Crippen LogP contribution in [0.2, 0.25) is 5.15 Å². The number of Topliss-reactive ketones (excluding diaryl/α,β-unsaturated/α-hetero) is 1. The molecule has 0 bridgehead atoms. The molecule has 0 atom stereocenters. The van der Waals surface area contributed by atoms with Crippen molar-refractivity contribution in [2.45, 2.75) is 13.5 Å². The van der Waals surface area contributed by atoms with Crippen molar-refractivity contribution in [2.24, 2.45) is 5.73 Å². The van der Waals surface area contributed by atoms with Gasteiger partial charge in [0.25, 0.3) is 0 Å². The number of hydrogen-bond acceptors (Lipinski definition) is 4. The van der Waals surface area contributed by atoms with Gasteiger partial charge in [0.1, 0.15) is 0 Å². The molecule has 0 spiro atoms. The van der Waals surface area contributed by atoms with E-state index in [0.29, 0.717) is 11.3 Å². The predicted octanol–water partition coefficient (Wildman–Crippen LogP) is 0.791. The normalized spacial score (nSPS) is 9.92. The van der Waals surface area contributed by atoms with Crippen LogP contribution in [-0.2, 0) is 6.54 Å². The molecule has 12 heavy (non-hydrogen) atoms. The fraction of sp³-hybridized carbons (Fsp3) is 0.286. The second kappa shape index (κ2) is 3.60. The van der Waals surface area contributed by atoms with Crippen LogP contribution in [0.1, 0.15) is 23.0 Å². The van der Waals surface area contributed by atoms with Gasteiger partial charge in [0.05, 0.1) is 5.69 Å². The number of halogens is 1. The van der Waals surface area contributed by atoms with Gasteiger partial charge in [-0.15, -0.1) is 5.10 Å². The van der Waals surface area contributed by atoms with Gasteiger partial charge in [-0.05, 0) is 13.0 Å². The molecular weight excluding hydrogens is 178 g/mol. The van der Waals surface area contributed by atoms with Crippen molar-refractivity contribution in [2.75, 3.05) is 0 Å². The minimum atomic E-state index is -0.104. The molecule has 5 heteroatoms. The van der Waals surface area contributed by atoms with E-state index in [2.05, 4.69) is 10.2 Å². The Morgan fingerprint density at radius 1 is 1.67 bits per heavy atom. The Labute approximate surface area is 74.7 Å². The van der Waals surface area contributed by atoms with Crippen LogP contribution in [0.4, 0.5) is 0 Å². The first kappa shape index (κ1) is 9.09. The summed E-state index contributed by atoms with van der Waals surface area (Å²) in [6, 6.07) is 1.47. The lowest BCUT2D eigenvalue weighted by Crippen LogP contribution is -2.08. The van der Waals surface area contributed by atoms with Gasteiger partial charge in [0.2, 0.25) is 0 Å². The zero-order chi connectivity index (χ0) is 9.14. The van der Waals surface area contributed by atoms with Crippen molar-refractivity contribution in [3.05, 3.63) is 22.5 Å². The van der Waals surface area contributed by atoms with E-state index >= 15 is 0 Å². The van der Waals surface area contributed by atoms with Crippen LogP contribution in [-0.4, -0.2) is 16.0 Å². The number of carbonyl (C=O) groups is 1. The first-order valence-electron chi connectivity index (χ1n) is 3.38. The molecule has 0 radical (unpaired) electrons. The van der Waals surface area contributed by atoms with Crippen LogP contribution in [0.5, 0.6) is 0 Å². The standard InChI is InChI=1S/C7H8ClN3O/c1-4(12)5-2-7(8)11-10-6(5)3-9/h2H,3,9H2,1H3. The quantitative estimate of drug-likeness (QED) is 0.692. The Balaban J connectivity index is 3.21. The van der Waals surface area contributed by atoms with E-state index in [-0.39, 0.29) is 17.5 Å². The fourth-order valence-corrected chi connectivity index (χ4v) is 0.996. The monoisotopic (exact) mass is 185 g/mol. The van der Waals surface area contributed by atoms with Gasteiger partial charge in [0.15, 0.2) is 10.9 Å². The summed E-state index contributed by atoms with van der Waals surface area (Å²) in [6.45, 7) is 1.63. The summed E-state index contributed by atoms with van der Waals surface area (Å²) >= 11 is 5.55. The average molecular weight is 186 g/mol. The predicted molar refractivity (Wildman–Crippen MR) is 44.9 cm³/mol. The highest BCUT2D eigenvalue weighted by Crippen LogP contribution is 2.10. The largest absolute Gasteiger partial charge is 0.325 e. The lowest BCUT2D eigenvalue weighted by Gasteiger charge is -2.01. The molecule has 0 aliphatic heterocycles. The molecule has 0 saturated carbocycles. The molecule has 0 saturated heterocycles. The fourth-order valence-electron chi connectivity index (χ4n) is 0.849. The summed E-state index contributed by atoms with van der Waals surface area (Å²) in [7, 11) is 0. The van der Waals surface area contributed by atoms with Crippen molar-refractivity contribution in [1.29, 1.82) is 0 Å². The van der Waals surface area contributed by atoms with Crippen molar-refractivity contribution in [1.82, 2.24) is 10.2 Å². The highest BCUT2D eigenvalue weighted by Gasteiger charge is 2.08. The highest BCUT2D eigenvalue weighted by atomic mass is 35.5. The summed E-state index contributed by atoms with van der Waals surface area (Å²) in [6.07, 6.45) is 0. The average Bonchev–Trinajstić information content (AvgIpc) is 2.04. The molecule has 4 nitrogen and oxygen atoms in total. The Morgan fingerprint density at radius 2 is 2.33 bits per heavy atom.